The Labute approximate surface area is 101 Å². The van der Waals surface area contributed by atoms with Crippen LogP contribution in [0, 0.1) is 6.07 Å². The van der Waals surface area contributed by atoms with Gasteiger partial charge in [-0.2, -0.15) is 0 Å². The Balaban J connectivity index is 1.94. The Hall–Kier alpha value is -1.41. The maximum absolute atomic E-state index is 5.63. The van der Waals surface area contributed by atoms with E-state index >= 15 is 0 Å². The molecule has 16 heavy (non-hydrogen) atoms. The van der Waals surface area contributed by atoms with Crippen LogP contribution in [0.15, 0.2) is 48.5 Å². The highest BCUT2D eigenvalue weighted by Crippen LogP contribution is 2.14. The van der Waals surface area contributed by atoms with Crippen LogP contribution in [0.3, 0.4) is 0 Å². The molecule has 0 aliphatic rings. The predicted molar refractivity (Wildman–Crippen MR) is 67.3 cm³/mol. The fourth-order valence-corrected chi connectivity index (χ4v) is 1.56. The number of ether oxygens (including phenoxy) is 1. The van der Waals surface area contributed by atoms with E-state index in [1.54, 1.807) is 0 Å². The number of hydrogen-bond donors (Lipinski definition) is 0. The first-order chi connectivity index (χ1) is 7.88. The summed E-state index contributed by atoms with van der Waals surface area (Å²) in [4.78, 5) is 0. The zero-order valence-electron chi connectivity index (χ0n) is 8.85. The van der Waals surface area contributed by atoms with Gasteiger partial charge in [0.2, 0.25) is 0 Å². The van der Waals surface area contributed by atoms with E-state index in [1.165, 1.54) is 0 Å². The maximum Gasteiger partial charge on any atom is 0.119 e. The normalized spacial score (nSPS) is 10.1. The van der Waals surface area contributed by atoms with Crippen molar-refractivity contribution in [2.75, 3.05) is 0 Å². The standard InChI is InChI=1S/C14H12OS/c16-11-13-6-8-14(9-7-13)15-10-12-4-2-1-3-5-12/h1-4,6-9H,10-11H2. The van der Waals surface area contributed by atoms with Gasteiger partial charge in [0.1, 0.15) is 12.4 Å². The average Bonchev–Trinajstić information content (AvgIpc) is 2.38. The summed E-state index contributed by atoms with van der Waals surface area (Å²) in [7, 11) is 0. The minimum atomic E-state index is 0.550. The van der Waals surface area contributed by atoms with Crippen molar-refractivity contribution in [2.45, 2.75) is 12.4 Å². The molecule has 2 rings (SSSR count). The van der Waals surface area contributed by atoms with Crippen LogP contribution in [0.1, 0.15) is 11.1 Å². The van der Waals surface area contributed by atoms with Gasteiger partial charge in [0.25, 0.3) is 0 Å². The summed E-state index contributed by atoms with van der Waals surface area (Å²) in [6.45, 7) is 0.550. The van der Waals surface area contributed by atoms with Crippen molar-refractivity contribution in [3.8, 4) is 5.75 Å². The molecule has 0 N–H and O–H groups in total. The van der Waals surface area contributed by atoms with Crippen LogP contribution >= 0.6 is 12.6 Å². The molecule has 0 saturated carbocycles. The molecule has 80 valence electrons. The maximum atomic E-state index is 5.63. The fourth-order valence-electron chi connectivity index (χ4n) is 1.36. The third-order valence-electron chi connectivity index (χ3n) is 2.26. The van der Waals surface area contributed by atoms with Crippen molar-refractivity contribution in [1.82, 2.24) is 0 Å². The molecule has 0 unspecified atom stereocenters. The fraction of sp³-hybridized carbons (Fsp3) is 0.143. The topological polar surface area (TPSA) is 9.23 Å². The molecule has 0 atom stereocenters. The second-order valence-corrected chi connectivity index (χ2v) is 3.75. The summed E-state index contributed by atoms with van der Waals surface area (Å²) in [6.07, 6.45) is 0. The van der Waals surface area contributed by atoms with Gasteiger partial charge in [-0.3, -0.25) is 0 Å². The summed E-state index contributed by atoms with van der Waals surface area (Å²) in [5.74, 6) is 1.51. The third kappa shape index (κ3) is 3.04. The van der Waals surface area contributed by atoms with E-state index in [0.717, 1.165) is 16.9 Å². The van der Waals surface area contributed by atoms with Crippen LogP contribution in [-0.2, 0) is 12.4 Å². The Kier molecular flexibility index (Phi) is 3.89. The molecule has 2 heteroatoms. The van der Waals surface area contributed by atoms with Crippen molar-refractivity contribution >= 4 is 12.6 Å². The van der Waals surface area contributed by atoms with Crippen molar-refractivity contribution in [2.24, 2.45) is 0 Å². The van der Waals surface area contributed by atoms with E-state index in [1.807, 2.05) is 48.5 Å². The predicted octanol–water partition coefficient (Wildman–Crippen LogP) is 3.76. The van der Waals surface area contributed by atoms with Gasteiger partial charge in [-0.25, -0.2) is 0 Å². The van der Waals surface area contributed by atoms with Gasteiger partial charge in [0, 0.05) is 5.75 Å². The van der Waals surface area contributed by atoms with Crippen LogP contribution in [0.2, 0.25) is 0 Å². The van der Waals surface area contributed by atoms with Crippen LogP contribution < -0.4 is 4.74 Å². The summed E-state index contributed by atoms with van der Waals surface area (Å²) < 4.78 is 5.63. The lowest BCUT2D eigenvalue weighted by Crippen LogP contribution is -1.95. The highest BCUT2D eigenvalue weighted by atomic mass is 32.1. The SMILES string of the molecule is [S]Cc1ccc(OCc2[c]cccc2)cc1. The molecule has 0 aliphatic carbocycles. The summed E-state index contributed by atoms with van der Waals surface area (Å²) in [5.41, 5.74) is 2.20. The van der Waals surface area contributed by atoms with E-state index in [0.29, 0.717) is 12.4 Å². The number of rotatable bonds is 4. The van der Waals surface area contributed by atoms with Crippen LogP contribution in [0.5, 0.6) is 5.75 Å². The van der Waals surface area contributed by atoms with Crippen molar-refractivity contribution in [3.05, 3.63) is 65.7 Å². The highest BCUT2D eigenvalue weighted by Gasteiger charge is 1.96. The van der Waals surface area contributed by atoms with Crippen molar-refractivity contribution < 1.29 is 4.74 Å². The molecule has 0 bridgehead atoms. The number of hydrogen-bond acceptors (Lipinski definition) is 1. The zero-order valence-corrected chi connectivity index (χ0v) is 9.67. The molecule has 0 aliphatic heterocycles. The van der Waals surface area contributed by atoms with Gasteiger partial charge in [0.05, 0.1) is 0 Å². The summed E-state index contributed by atoms with van der Waals surface area (Å²) in [5, 5.41) is 0. The van der Waals surface area contributed by atoms with Crippen LogP contribution in [-0.4, -0.2) is 0 Å². The molecule has 0 fully saturated rings. The monoisotopic (exact) mass is 228 g/mol. The molecule has 2 aromatic carbocycles. The Morgan fingerprint density at radius 2 is 1.88 bits per heavy atom. The molecule has 0 heterocycles. The van der Waals surface area contributed by atoms with E-state index in [9.17, 15) is 0 Å². The van der Waals surface area contributed by atoms with Crippen LogP contribution in [0.4, 0.5) is 0 Å². The van der Waals surface area contributed by atoms with Gasteiger partial charge >= 0.3 is 0 Å². The molecule has 1 nitrogen and oxygen atoms in total. The lowest BCUT2D eigenvalue weighted by atomic mass is 10.2. The van der Waals surface area contributed by atoms with E-state index in [-0.39, 0.29) is 0 Å². The minimum absolute atomic E-state index is 0.550. The molecule has 0 amide bonds. The zero-order chi connectivity index (χ0) is 11.2. The van der Waals surface area contributed by atoms with Gasteiger partial charge < -0.3 is 4.74 Å². The highest BCUT2D eigenvalue weighted by molar-refractivity contribution is 7.79. The lowest BCUT2D eigenvalue weighted by Gasteiger charge is -2.06. The molecule has 0 aromatic heterocycles. The van der Waals surface area contributed by atoms with Gasteiger partial charge in [-0.15, -0.1) is 0 Å². The number of benzene rings is 2. The smallest absolute Gasteiger partial charge is 0.119 e. The van der Waals surface area contributed by atoms with Crippen LogP contribution in [0.25, 0.3) is 0 Å². The molecular formula is C14H12OS. The Bertz CT molecular complexity index is 422. The quantitative estimate of drug-likeness (QED) is 0.774. The summed E-state index contributed by atoms with van der Waals surface area (Å²) >= 11 is 4.96. The van der Waals surface area contributed by atoms with Gasteiger partial charge in [-0.05, 0) is 29.3 Å². The largest absolute Gasteiger partial charge is 0.489 e. The second kappa shape index (κ2) is 5.61. The molecule has 0 saturated heterocycles. The minimum Gasteiger partial charge on any atom is -0.489 e. The van der Waals surface area contributed by atoms with E-state index < -0.39 is 0 Å². The van der Waals surface area contributed by atoms with E-state index in [4.69, 9.17) is 17.4 Å². The first-order valence-corrected chi connectivity index (χ1v) is 5.71. The van der Waals surface area contributed by atoms with Gasteiger partial charge in [-0.1, -0.05) is 49.0 Å². The van der Waals surface area contributed by atoms with Crippen molar-refractivity contribution in [3.63, 3.8) is 0 Å². The summed E-state index contributed by atoms with van der Waals surface area (Å²) in [6, 6.07) is 18.8. The molecular weight excluding hydrogens is 216 g/mol. The Morgan fingerprint density at radius 1 is 1.06 bits per heavy atom. The van der Waals surface area contributed by atoms with Crippen molar-refractivity contribution in [1.29, 1.82) is 0 Å². The molecule has 0 spiro atoms. The Morgan fingerprint density at radius 3 is 2.50 bits per heavy atom. The molecule has 2 aromatic rings. The second-order valence-electron chi connectivity index (χ2n) is 3.46. The van der Waals surface area contributed by atoms with E-state index in [2.05, 4.69) is 6.07 Å². The molecule has 2 radical (unpaired) electrons. The first kappa shape index (κ1) is 11.1. The third-order valence-corrected chi connectivity index (χ3v) is 2.59. The lowest BCUT2D eigenvalue weighted by molar-refractivity contribution is 0.306. The average molecular weight is 228 g/mol. The van der Waals surface area contributed by atoms with Gasteiger partial charge in [0.15, 0.2) is 0 Å². The first-order valence-electron chi connectivity index (χ1n) is 5.14.